The summed E-state index contributed by atoms with van der Waals surface area (Å²) < 4.78 is 28.3. The maximum absolute atomic E-state index is 13.3. The summed E-state index contributed by atoms with van der Waals surface area (Å²) >= 11 is 0. The largest absolute Gasteiger partial charge is 0.356 e. The maximum atomic E-state index is 13.3. The summed E-state index contributed by atoms with van der Waals surface area (Å²) in [7, 11) is -3.57. The number of hydrogen-bond acceptors (Lipinski definition) is 6. The predicted octanol–water partition coefficient (Wildman–Crippen LogP) is 2.09. The average molecular weight is 395 g/mol. The molecular formula is C20H21N5O2S. The van der Waals surface area contributed by atoms with Crippen molar-refractivity contribution in [3.63, 3.8) is 0 Å². The lowest BCUT2D eigenvalue weighted by molar-refractivity contribution is 0.453. The lowest BCUT2D eigenvalue weighted by Crippen LogP contribution is -2.33. The molecule has 0 saturated carbocycles. The van der Waals surface area contributed by atoms with Gasteiger partial charge in [0.05, 0.1) is 5.52 Å². The lowest BCUT2D eigenvalue weighted by atomic mass is 10.0. The van der Waals surface area contributed by atoms with E-state index in [1.807, 2.05) is 31.2 Å². The highest BCUT2D eigenvalue weighted by molar-refractivity contribution is 7.89. The average Bonchev–Trinajstić information content (AvgIpc) is 3.27. The van der Waals surface area contributed by atoms with E-state index in [0.717, 1.165) is 30.0 Å². The highest BCUT2D eigenvalue weighted by Gasteiger charge is 2.45. The SMILES string of the molecule is Cc1cc(N2CC3CN(S(=O)(=O)c4cccc5cccnc45)CC3C2)ncn1. The van der Waals surface area contributed by atoms with Gasteiger partial charge in [0.2, 0.25) is 10.0 Å². The van der Waals surface area contributed by atoms with Crippen LogP contribution in [0.3, 0.4) is 0 Å². The van der Waals surface area contributed by atoms with E-state index in [4.69, 9.17) is 0 Å². The van der Waals surface area contributed by atoms with Gasteiger partial charge in [-0.15, -0.1) is 0 Å². The topological polar surface area (TPSA) is 79.3 Å². The Labute approximate surface area is 164 Å². The summed E-state index contributed by atoms with van der Waals surface area (Å²) in [6.45, 7) is 4.67. The molecule has 0 N–H and O–H groups in total. The molecule has 2 unspecified atom stereocenters. The number of anilines is 1. The monoisotopic (exact) mass is 395 g/mol. The van der Waals surface area contributed by atoms with Gasteiger partial charge in [0.25, 0.3) is 0 Å². The van der Waals surface area contributed by atoms with Crippen LogP contribution in [0.5, 0.6) is 0 Å². The molecule has 5 rings (SSSR count). The molecule has 0 bridgehead atoms. The van der Waals surface area contributed by atoms with Gasteiger partial charge in [-0.3, -0.25) is 4.98 Å². The van der Waals surface area contributed by atoms with Crippen LogP contribution in [0.1, 0.15) is 5.69 Å². The molecule has 0 radical (unpaired) electrons. The van der Waals surface area contributed by atoms with Crippen molar-refractivity contribution >= 4 is 26.7 Å². The second-order valence-corrected chi connectivity index (χ2v) is 9.50. The van der Waals surface area contributed by atoms with E-state index < -0.39 is 10.0 Å². The molecule has 0 amide bonds. The van der Waals surface area contributed by atoms with E-state index in [-0.39, 0.29) is 0 Å². The van der Waals surface area contributed by atoms with Crippen LogP contribution in [0.15, 0.2) is 53.8 Å². The molecule has 1 aromatic carbocycles. The van der Waals surface area contributed by atoms with Crippen LogP contribution in [0.4, 0.5) is 5.82 Å². The molecule has 3 aromatic rings. The summed E-state index contributed by atoms with van der Waals surface area (Å²) in [5.41, 5.74) is 1.48. The van der Waals surface area contributed by atoms with Crippen LogP contribution < -0.4 is 4.90 Å². The maximum Gasteiger partial charge on any atom is 0.245 e. The number of sulfonamides is 1. The van der Waals surface area contributed by atoms with E-state index in [1.54, 1.807) is 29.0 Å². The zero-order chi connectivity index (χ0) is 19.3. The number of aromatic nitrogens is 3. The number of rotatable bonds is 3. The van der Waals surface area contributed by atoms with Crippen molar-refractivity contribution in [3.8, 4) is 0 Å². The Morgan fingerprint density at radius 1 is 0.964 bits per heavy atom. The first-order chi connectivity index (χ1) is 13.5. The minimum atomic E-state index is -3.57. The van der Waals surface area contributed by atoms with E-state index in [2.05, 4.69) is 19.9 Å². The Morgan fingerprint density at radius 3 is 2.46 bits per heavy atom. The highest BCUT2D eigenvalue weighted by Crippen LogP contribution is 2.36. The molecule has 2 saturated heterocycles. The van der Waals surface area contributed by atoms with Crippen LogP contribution in [-0.2, 0) is 10.0 Å². The van der Waals surface area contributed by atoms with Crippen molar-refractivity contribution in [1.29, 1.82) is 0 Å². The molecule has 144 valence electrons. The minimum absolute atomic E-state index is 0.300. The minimum Gasteiger partial charge on any atom is -0.356 e. The zero-order valence-electron chi connectivity index (χ0n) is 15.6. The summed E-state index contributed by atoms with van der Waals surface area (Å²) in [6.07, 6.45) is 3.23. The molecule has 4 heterocycles. The van der Waals surface area contributed by atoms with Crippen molar-refractivity contribution in [1.82, 2.24) is 19.3 Å². The van der Waals surface area contributed by atoms with Crippen molar-refractivity contribution < 1.29 is 8.42 Å². The second-order valence-electron chi connectivity index (χ2n) is 7.60. The van der Waals surface area contributed by atoms with Gasteiger partial charge in [0.1, 0.15) is 17.0 Å². The third kappa shape index (κ3) is 2.84. The molecule has 2 aliphatic rings. The van der Waals surface area contributed by atoms with Crippen LogP contribution in [0.2, 0.25) is 0 Å². The van der Waals surface area contributed by atoms with Crippen LogP contribution in [-0.4, -0.2) is 53.9 Å². The fourth-order valence-electron chi connectivity index (χ4n) is 4.37. The molecule has 2 aromatic heterocycles. The molecule has 2 aliphatic heterocycles. The van der Waals surface area contributed by atoms with Crippen molar-refractivity contribution in [2.24, 2.45) is 11.8 Å². The predicted molar refractivity (Wildman–Crippen MR) is 106 cm³/mol. The van der Waals surface area contributed by atoms with E-state index in [1.165, 1.54) is 0 Å². The first kappa shape index (κ1) is 17.5. The van der Waals surface area contributed by atoms with Gasteiger partial charge in [-0.1, -0.05) is 18.2 Å². The van der Waals surface area contributed by atoms with Crippen LogP contribution in [0, 0.1) is 18.8 Å². The fraction of sp³-hybridized carbons (Fsp3) is 0.350. The lowest BCUT2D eigenvalue weighted by Gasteiger charge is -2.22. The number of aryl methyl sites for hydroxylation is 1. The summed E-state index contributed by atoms with van der Waals surface area (Å²) in [5, 5.41) is 0.841. The second kappa shape index (κ2) is 6.49. The van der Waals surface area contributed by atoms with Gasteiger partial charge in [-0.2, -0.15) is 4.31 Å². The van der Waals surface area contributed by atoms with Gasteiger partial charge >= 0.3 is 0 Å². The Balaban J connectivity index is 1.39. The third-order valence-corrected chi connectivity index (χ3v) is 7.64. The smallest absolute Gasteiger partial charge is 0.245 e. The summed E-state index contributed by atoms with van der Waals surface area (Å²) in [5.74, 6) is 1.55. The third-order valence-electron chi connectivity index (χ3n) is 5.78. The van der Waals surface area contributed by atoms with Gasteiger partial charge in [0, 0.05) is 49.5 Å². The number of para-hydroxylation sites is 1. The van der Waals surface area contributed by atoms with Crippen molar-refractivity contribution in [3.05, 3.63) is 54.6 Å². The van der Waals surface area contributed by atoms with Gasteiger partial charge in [0.15, 0.2) is 0 Å². The quantitative estimate of drug-likeness (QED) is 0.676. The molecule has 2 atom stereocenters. The molecule has 0 spiro atoms. The van der Waals surface area contributed by atoms with Gasteiger partial charge < -0.3 is 4.90 Å². The molecule has 8 heteroatoms. The zero-order valence-corrected chi connectivity index (χ0v) is 16.4. The van der Waals surface area contributed by atoms with E-state index >= 15 is 0 Å². The Morgan fingerprint density at radius 2 is 1.71 bits per heavy atom. The van der Waals surface area contributed by atoms with Crippen molar-refractivity contribution in [2.45, 2.75) is 11.8 Å². The molecule has 7 nitrogen and oxygen atoms in total. The Kier molecular flexibility index (Phi) is 4.06. The molecule has 28 heavy (non-hydrogen) atoms. The number of pyridine rings is 1. The summed E-state index contributed by atoms with van der Waals surface area (Å²) in [4.78, 5) is 15.4. The molecule has 0 aliphatic carbocycles. The fourth-order valence-corrected chi connectivity index (χ4v) is 6.09. The molecular weight excluding hydrogens is 374 g/mol. The van der Waals surface area contributed by atoms with Gasteiger partial charge in [-0.25, -0.2) is 18.4 Å². The normalized spacial score (nSPS) is 22.7. The summed E-state index contributed by atoms with van der Waals surface area (Å²) in [6, 6.07) is 11.0. The van der Waals surface area contributed by atoms with E-state index in [0.29, 0.717) is 35.3 Å². The number of hydrogen-bond donors (Lipinski definition) is 0. The number of fused-ring (bicyclic) bond motifs is 2. The Hall–Kier alpha value is -2.58. The first-order valence-electron chi connectivity index (χ1n) is 9.40. The van der Waals surface area contributed by atoms with Crippen LogP contribution in [0.25, 0.3) is 10.9 Å². The standard InChI is InChI=1S/C20H21N5O2S/c1-14-8-19(23-13-22-14)24-9-16-11-25(12-17(16)10-24)28(26,27)18-6-2-4-15-5-3-7-21-20(15)18/h2-8,13,16-17H,9-12H2,1H3. The van der Waals surface area contributed by atoms with Crippen molar-refractivity contribution in [2.75, 3.05) is 31.1 Å². The molecule has 2 fully saturated rings. The first-order valence-corrected chi connectivity index (χ1v) is 10.8. The highest BCUT2D eigenvalue weighted by atomic mass is 32.2. The van der Waals surface area contributed by atoms with E-state index in [9.17, 15) is 8.42 Å². The number of nitrogens with zero attached hydrogens (tertiary/aromatic N) is 5. The number of benzene rings is 1. The van der Waals surface area contributed by atoms with Gasteiger partial charge in [-0.05, 0) is 30.9 Å². The Bertz CT molecular complexity index is 1130. The van der Waals surface area contributed by atoms with Crippen LogP contribution >= 0.6 is 0 Å².